The average molecular weight is 632 g/mol. The molecule has 0 radical (unpaired) electrons. The van der Waals surface area contributed by atoms with Gasteiger partial charge in [-0.3, -0.25) is 0 Å². The van der Waals surface area contributed by atoms with Crippen molar-refractivity contribution in [2.75, 3.05) is 26.8 Å². The van der Waals surface area contributed by atoms with Crippen LogP contribution in [0.25, 0.3) is 0 Å². The summed E-state index contributed by atoms with van der Waals surface area (Å²) in [7, 11) is 1.66. The van der Waals surface area contributed by atoms with Crippen molar-refractivity contribution < 1.29 is 44.6 Å². The molecule has 0 saturated heterocycles. The third-order valence-corrected chi connectivity index (χ3v) is 13.3. The molecule has 4 saturated carbocycles. The number of hydrogen-bond acceptors (Lipinski definition) is 10. The maximum absolute atomic E-state index is 13.3. The molecule has 6 N–H and O–H groups in total. The van der Waals surface area contributed by atoms with E-state index >= 15 is 0 Å². The number of methoxy groups -OCH3 is 1. The molecule has 5 aliphatic carbocycles. The number of carbonyl (C=O) groups excluding carboxylic acids is 2. The van der Waals surface area contributed by atoms with E-state index in [2.05, 4.69) is 11.4 Å². The summed E-state index contributed by atoms with van der Waals surface area (Å²) in [4.78, 5) is 26.0. The molecule has 10 nitrogen and oxygen atoms in total. The number of hydrogen-bond donors (Lipinski definition) is 6. The Kier molecular flexibility index (Phi) is 8.49. The van der Waals surface area contributed by atoms with Crippen molar-refractivity contribution in [2.45, 2.75) is 114 Å². The first-order valence-corrected chi connectivity index (χ1v) is 17.1. The fraction of sp³-hybridized carbons (Fsp3) is 0.829. The van der Waals surface area contributed by atoms with E-state index in [9.17, 15) is 35.1 Å². The van der Waals surface area contributed by atoms with Crippen LogP contribution in [0, 0.1) is 40.4 Å². The van der Waals surface area contributed by atoms with E-state index in [1.54, 1.807) is 13.2 Å². The predicted molar refractivity (Wildman–Crippen MR) is 165 cm³/mol. The highest BCUT2D eigenvalue weighted by atomic mass is 16.5. The van der Waals surface area contributed by atoms with Crippen LogP contribution in [-0.2, 0) is 19.1 Å². The second-order valence-corrected chi connectivity index (χ2v) is 15.8. The molecule has 0 spiro atoms. The molecule has 0 amide bonds. The normalized spacial score (nSPS) is 48.4. The molecule has 252 valence electrons. The second kappa shape index (κ2) is 11.5. The number of allylic oxidation sites excluding steroid dienone is 1. The summed E-state index contributed by atoms with van der Waals surface area (Å²) in [5.74, 6) is -2.59. The molecule has 0 aromatic rings. The van der Waals surface area contributed by atoms with Crippen molar-refractivity contribution in [2.24, 2.45) is 40.4 Å². The van der Waals surface area contributed by atoms with Crippen molar-refractivity contribution in [3.05, 3.63) is 23.3 Å². The Balaban J connectivity index is 1.44. The predicted octanol–water partition coefficient (Wildman–Crippen LogP) is 1.81. The van der Waals surface area contributed by atoms with E-state index in [1.165, 1.54) is 0 Å². The highest BCUT2D eigenvalue weighted by Gasteiger charge is 2.83. The molecule has 1 aliphatic heterocycles. The first kappa shape index (κ1) is 33.2. The monoisotopic (exact) mass is 631 g/mol. The summed E-state index contributed by atoms with van der Waals surface area (Å²) in [6, 6.07) is 0. The third kappa shape index (κ3) is 4.46. The van der Waals surface area contributed by atoms with Gasteiger partial charge in [0.2, 0.25) is 0 Å². The number of aliphatic hydroxyl groups excluding tert-OH is 2. The average Bonchev–Trinajstić information content (AvgIpc) is 3.47. The van der Waals surface area contributed by atoms with Crippen molar-refractivity contribution in [1.82, 2.24) is 5.32 Å². The van der Waals surface area contributed by atoms with Crippen molar-refractivity contribution in [1.29, 1.82) is 0 Å². The zero-order valence-electron chi connectivity index (χ0n) is 27.2. The van der Waals surface area contributed by atoms with E-state index in [0.717, 1.165) is 30.4 Å². The van der Waals surface area contributed by atoms with Crippen molar-refractivity contribution in [3.63, 3.8) is 0 Å². The molecule has 12 unspecified atom stereocenters. The highest BCUT2D eigenvalue weighted by Crippen LogP contribution is 2.74. The zero-order valence-corrected chi connectivity index (χ0v) is 27.2. The maximum atomic E-state index is 13.3. The van der Waals surface area contributed by atoms with E-state index < -0.39 is 63.8 Å². The Labute approximate surface area is 266 Å². The Morgan fingerprint density at radius 3 is 2.60 bits per heavy atom. The minimum absolute atomic E-state index is 0.0589. The van der Waals surface area contributed by atoms with Crippen LogP contribution in [0.5, 0.6) is 0 Å². The quantitative estimate of drug-likeness (QED) is 0.0906. The van der Waals surface area contributed by atoms with Crippen molar-refractivity contribution >= 4 is 12.3 Å². The number of rotatable bonds is 10. The van der Waals surface area contributed by atoms with Crippen LogP contribution >= 0.6 is 0 Å². The molecule has 6 aliphatic rings. The minimum atomic E-state index is -2.11. The molecule has 0 bridgehead atoms. The molecule has 12 atom stereocenters. The molecular formula is C35H53NO9. The van der Waals surface area contributed by atoms with Crippen LogP contribution < -0.4 is 5.32 Å². The number of nitrogens with one attached hydrogen (secondary N) is 1. The van der Waals surface area contributed by atoms with Gasteiger partial charge in [-0.25, -0.2) is 4.79 Å². The van der Waals surface area contributed by atoms with E-state index in [4.69, 9.17) is 9.47 Å². The summed E-state index contributed by atoms with van der Waals surface area (Å²) < 4.78 is 11.0. The van der Waals surface area contributed by atoms with Crippen LogP contribution in [0.4, 0.5) is 0 Å². The number of aliphatic hydroxyl groups is 5. The minimum Gasteiger partial charge on any atom is -0.450 e. The van der Waals surface area contributed by atoms with Crippen molar-refractivity contribution in [3.8, 4) is 0 Å². The summed E-state index contributed by atoms with van der Waals surface area (Å²) in [6.07, 6.45) is 4.53. The van der Waals surface area contributed by atoms with Gasteiger partial charge in [-0.2, -0.15) is 0 Å². The molecule has 4 fully saturated rings. The Bertz CT molecular complexity index is 1250. The molecule has 10 heteroatoms. The first-order valence-electron chi connectivity index (χ1n) is 17.1. The molecular weight excluding hydrogens is 578 g/mol. The highest BCUT2D eigenvalue weighted by molar-refractivity contribution is 5.87. The lowest BCUT2D eigenvalue weighted by Crippen LogP contribution is -2.84. The topological polar surface area (TPSA) is 166 Å². The van der Waals surface area contributed by atoms with Crippen LogP contribution in [0.2, 0.25) is 0 Å². The van der Waals surface area contributed by atoms with Crippen LogP contribution in [0.3, 0.4) is 0 Å². The van der Waals surface area contributed by atoms with Crippen LogP contribution in [-0.4, -0.2) is 99.7 Å². The van der Waals surface area contributed by atoms with Crippen LogP contribution in [0.15, 0.2) is 23.3 Å². The van der Waals surface area contributed by atoms with Gasteiger partial charge in [0.1, 0.15) is 23.6 Å². The Morgan fingerprint density at radius 1 is 1.16 bits per heavy atom. The number of esters is 1. The van der Waals surface area contributed by atoms with E-state index in [0.29, 0.717) is 45.3 Å². The number of carbonyl (C=O) groups is 2. The van der Waals surface area contributed by atoms with Gasteiger partial charge in [0.05, 0.1) is 23.2 Å². The lowest BCUT2D eigenvalue weighted by molar-refractivity contribution is -0.364. The van der Waals surface area contributed by atoms with Gasteiger partial charge < -0.3 is 45.1 Å². The van der Waals surface area contributed by atoms with Crippen LogP contribution in [0.1, 0.15) is 78.6 Å². The van der Waals surface area contributed by atoms with Gasteiger partial charge in [-0.05, 0) is 80.4 Å². The summed E-state index contributed by atoms with van der Waals surface area (Å²) in [6.45, 7) is 7.87. The Hall–Kier alpha value is -1.66. The largest absolute Gasteiger partial charge is 0.450 e. The molecule has 6 rings (SSSR count). The summed E-state index contributed by atoms with van der Waals surface area (Å²) in [5.41, 5.74) is -6.37. The van der Waals surface area contributed by atoms with Gasteiger partial charge in [-0.1, -0.05) is 33.3 Å². The maximum Gasteiger partial charge on any atom is 0.331 e. The zero-order chi connectivity index (χ0) is 32.6. The van der Waals surface area contributed by atoms with E-state index in [1.807, 2.05) is 20.8 Å². The molecule has 0 aromatic heterocycles. The van der Waals surface area contributed by atoms with Gasteiger partial charge in [0, 0.05) is 50.0 Å². The van der Waals surface area contributed by atoms with Gasteiger partial charge >= 0.3 is 5.97 Å². The standard InChI is InChI=1S/C35H53NO9/c1-20(2)6-7-25-30(40)35(43)26(32(19-37)11-8-23(38)17-33(25,32)41)9-10-31(3)28-21(16-34(31,35)42)14-22(18-36-12-5-13-44-4)29-24(28)15-27(39)45-29/h14-15,19-21,23,25-26,28-30,36,38,40-43H,5-13,16-18H2,1-4H3. The SMILES string of the molecule is COCCCNCC1=CC2CC3(O)C(C)(CCC4C5(C=O)CCC(O)CC5(O)C(CCC(C)C)C(O)C43O)C2C2=CC(=O)OC12. The smallest absolute Gasteiger partial charge is 0.331 e. The lowest BCUT2D eigenvalue weighted by Gasteiger charge is -2.71. The van der Waals surface area contributed by atoms with Gasteiger partial charge in [0.25, 0.3) is 0 Å². The Morgan fingerprint density at radius 2 is 1.91 bits per heavy atom. The summed E-state index contributed by atoms with van der Waals surface area (Å²) >= 11 is 0. The summed E-state index contributed by atoms with van der Waals surface area (Å²) in [5, 5.41) is 65.3. The molecule has 45 heavy (non-hydrogen) atoms. The number of aldehydes is 1. The molecule has 1 heterocycles. The first-order chi connectivity index (χ1) is 21.2. The third-order valence-electron chi connectivity index (χ3n) is 13.3. The van der Waals surface area contributed by atoms with Gasteiger partial charge in [-0.15, -0.1) is 0 Å². The number of ether oxygens (including phenoxy) is 2. The second-order valence-electron chi connectivity index (χ2n) is 15.8. The fourth-order valence-electron chi connectivity index (χ4n) is 11.3. The lowest BCUT2D eigenvalue weighted by atomic mass is 9.36. The van der Waals surface area contributed by atoms with Gasteiger partial charge in [0.15, 0.2) is 0 Å². The fourth-order valence-corrected chi connectivity index (χ4v) is 11.3. The number of fused-ring (bicyclic) bond motifs is 9. The molecule has 0 aromatic carbocycles. The van der Waals surface area contributed by atoms with E-state index in [-0.39, 0.29) is 37.0 Å².